The molecule has 2 aromatic rings. The summed E-state index contributed by atoms with van der Waals surface area (Å²) in [5, 5.41) is 15.4. The van der Waals surface area contributed by atoms with Gasteiger partial charge in [-0.15, -0.1) is 0 Å². The Morgan fingerprint density at radius 3 is 3.12 bits per heavy atom. The van der Waals surface area contributed by atoms with Crippen LogP contribution in [0.1, 0.15) is 22.0 Å². The van der Waals surface area contributed by atoms with Gasteiger partial charge in [0.2, 0.25) is 11.5 Å². The Morgan fingerprint density at radius 1 is 1.56 bits per heavy atom. The zero-order valence-electron chi connectivity index (χ0n) is 8.37. The standard InChI is InChI=1S/C9H8N4O3/c1-3-11-4-2-10-6-7(9(14)15)13-16-8(6)5(4)12-3/h10H,2H2,1H3,(H,11,12)(H,14,15). The lowest BCUT2D eigenvalue weighted by Gasteiger charge is -2.10. The van der Waals surface area contributed by atoms with Gasteiger partial charge in [-0.05, 0) is 6.92 Å². The zero-order chi connectivity index (χ0) is 11.3. The van der Waals surface area contributed by atoms with Crippen molar-refractivity contribution in [2.75, 3.05) is 5.32 Å². The maximum atomic E-state index is 10.9. The lowest BCUT2D eigenvalue weighted by Crippen LogP contribution is -2.10. The third-order valence-corrected chi connectivity index (χ3v) is 2.45. The van der Waals surface area contributed by atoms with Crippen LogP contribution in [-0.4, -0.2) is 26.2 Å². The number of carboxylic acid groups (broad SMARTS) is 1. The number of nitrogens with zero attached hydrogens (tertiary/aromatic N) is 2. The van der Waals surface area contributed by atoms with Crippen molar-refractivity contribution in [1.82, 2.24) is 15.1 Å². The summed E-state index contributed by atoms with van der Waals surface area (Å²) >= 11 is 0. The molecule has 82 valence electrons. The third kappa shape index (κ3) is 1.05. The summed E-state index contributed by atoms with van der Waals surface area (Å²) in [6, 6.07) is 0. The average Bonchev–Trinajstić information content (AvgIpc) is 2.77. The minimum absolute atomic E-state index is 0.110. The molecule has 3 N–H and O–H groups in total. The Bertz CT molecular complexity index is 584. The molecule has 16 heavy (non-hydrogen) atoms. The number of anilines is 1. The van der Waals surface area contributed by atoms with Gasteiger partial charge in [-0.2, -0.15) is 0 Å². The highest BCUT2D eigenvalue weighted by Crippen LogP contribution is 2.36. The normalized spacial score (nSPS) is 12.8. The Balaban J connectivity index is 2.22. The fourth-order valence-corrected chi connectivity index (χ4v) is 1.79. The molecule has 1 aliphatic rings. The molecule has 0 fully saturated rings. The van der Waals surface area contributed by atoms with Gasteiger partial charge < -0.3 is 19.9 Å². The Morgan fingerprint density at radius 2 is 2.38 bits per heavy atom. The second-order valence-corrected chi connectivity index (χ2v) is 3.54. The fraction of sp³-hybridized carbons (Fsp3) is 0.222. The fourth-order valence-electron chi connectivity index (χ4n) is 1.79. The number of aromatic amines is 1. The quantitative estimate of drug-likeness (QED) is 0.662. The molecule has 1 aliphatic heterocycles. The number of aromatic nitrogens is 3. The van der Waals surface area contributed by atoms with Gasteiger partial charge in [0.15, 0.2) is 0 Å². The molecule has 0 aliphatic carbocycles. The topological polar surface area (TPSA) is 104 Å². The minimum atomic E-state index is -1.12. The molecule has 0 bridgehead atoms. The van der Waals surface area contributed by atoms with Crippen molar-refractivity contribution >= 4 is 11.7 Å². The van der Waals surface area contributed by atoms with Crippen LogP contribution in [0.25, 0.3) is 11.5 Å². The molecule has 0 spiro atoms. The molecule has 3 heterocycles. The van der Waals surface area contributed by atoms with E-state index in [0.717, 1.165) is 11.5 Å². The molecule has 0 amide bonds. The van der Waals surface area contributed by atoms with Gasteiger partial charge in [-0.3, -0.25) is 0 Å². The molecule has 0 radical (unpaired) electrons. The molecule has 7 heteroatoms. The van der Waals surface area contributed by atoms with E-state index in [1.807, 2.05) is 6.92 Å². The van der Waals surface area contributed by atoms with Crippen molar-refractivity contribution in [1.29, 1.82) is 0 Å². The van der Waals surface area contributed by atoms with Crippen LogP contribution in [-0.2, 0) is 6.54 Å². The van der Waals surface area contributed by atoms with Crippen LogP contribution in [0.2, 0.25) is 0 Å². The maximum absolute atomic E-state index is 10.9. The van der Waals surface area contributed by atoms with Crippen LogP contribution in [0.5, 0.6) is 0 Å². The van der Waals surface area contributed by atoms with Gasteiger partial charge >= 0.3 is 5.97 Å². The Labute approximate surface area is 89.5 Å². The van der Waals surface area contributed by atoms with E-state index in [4.69, 9.17) is 9.63 Å². The molecular formula is C9H8N4O3. The molecule has 0 aromatic carbocycles. The first-order chi connectivity index (χ1) is 7.66. The summed E-state index contributed by atoms with van der Waals surface area (Å²) in [6.45, 7) is 2.32. The number of hydrogen-bond acceptors (Lipinski definition) is 5. The van der Waals surface area contributed by atoms with Crippen LogP contribution < -0.4 is 5.32 Å². The molecule has 0 saturated carbocycles. The van der Waals surface area contributed by atoms with E-state index >= 15 is 0 Å². The van der Waals surface area contributed by atoms with E-state index in [2.05, 4.69) is 20.4 Å². The van der Waals surface area contributed by atoms with Crippen LogP contribution >= 0.6 is 0 Å². The van der Waals surface area contributed by atoms with Crippen LogP contribution in [0, 0.1) is 6.92 Å². The summed E-state index contributed by atoms with van der Waals surface area (Å²) in [6.07, 6.45) is 0. The summed E-state index contributed by atoms with van der Waals surface area (Å²) in [5.74, 6) is 0.0177. The van der Waals surface area contributed by atoms with E-state index in [0.29, 0.717) is 23.7 Å². The molecule has 2 aromatic heterocycles. The Kier molecular flexibility index (Phi) is 1.59. The van der Waals surface area contributed by atoms with E-state index in [-0.39, 0.29) is 5.69 Å². The highest BCUT2D eigenvalue weighted by atomic mass is 16.5. The van der Waals surface area contributed by atoms with Crippen molar-refractivity contribution in [2.45, 2.75) is 13.5 Å². The van der Waals surface area contributed by atoms with E-state index in [1.165, 1.54) is 0 Å². The van der Waals surface area contributed by atoms with Gasteiger partial charge in [-0.25, -0.2) is 9.78 Å². The predicted octanol–water partition coefficient (Wildman–Crippen LogP) is 0.997. The predicted molar refractivity (Wildman–Crippen MR) is 53.1 cm³/mol. The SMILES string of the molecule is Cc1nc2c([nH]1)CNc1c(C(=O)O)noc1-2. The molecule has 3 rings (SSSR count). The molecule has 0 saturated heterocycles. The molecular weight excluding hydrogens is 212 g/mol. The van der Waals surface area contributed by atoms with Crippen LogP contribution in [0.3, 0.4) is 0 Å². The third-order valence-electron chi connectivity index (χ3n) is 2.45. The van der Waals surface area contributed by atoms with Gasteiger partial charge in [0.1, 0.15) is 17.2 Å². The average molecular weight is 220 g/mol. The zero-order valence-corrected chi connectivity index (χ0v) is 8.37. The summed E-state index contributed by atoms with van der Waals surface area (Å²) < 4.78 is 5.01. The second kappa shape index (κ2) is 2.84. The second-order valence-electron chi connectivity index (χ2n) is 3.54. The maximum Gasteiger partial charge on any atom is 0.360 e. The van der Waals surface area contributed by atoms with Crippen LogP contribution in [0.15, 0.2) is 4.52 Å². The number of H-pyrrole nitrogens is 1. The highest BCUT2D eigenvalue weighted by Gasteiger charge is 2.29. The monoisotopic (exact) mass is 220 g/mol. The van der Waals surface area contributed by atoms with Gasteiger partial charge in [-0.1, -0.05) is 5.16 Å². The number of aromatic carboxylic acids is 1. The molecule has 0 atom stereocenters. The molecule has 0 unspecified atom stereocenters. The van der Waals surface area contributed by atoms with Gasteiger partial charge in [0.05, 0.1) is 12.2 Å². The number of aryl methyl sites for hydroxylation is 1. The number of carbonyl (C=O) groups is 1. The summed E-state index contributed by atoms with van der Waals surface area (Å²) in [7, 11) is 0. The van der Waals surface area contributed by atoms with Crippen molar-refractivity contribution in [3.8, 4) is 11.5 Å². The highest BCUT2D eigenvalue weighted by molar-refractivity contribution is 5.96. The number of rotatable bonds is 1. The lowest BCUT2D eigenvalue weighted by molar-refractivity contribution is 0.0686. The number of fused-ring (bicyclic) bond motifs is 3. The number of carboxylic acids is 1. The van der Waals surface area contributed by atoms with Crippen molar-refractivity contribution in [3.63, 3.8) is 0 Å². The first kappa shape index (κ1) is 8.96. The number of nitrogens with one attached hydrogen (secondary N) is 2. The van der Waals surface area contributed by atoms with Gasteiger partial charge in [0, 0.05) is 0 Å². The van der Waals surface area contributed by atoms with E-state index in [1.54, 1.807) is 0 Å². The Hall–Kier alpha value is -2.31. The number of hydrogen-bond donors (Lipinski definition) is 3. The van der Waals surface area contributed by atoms with E-state index in [9.17, 15) is 4.79 Å². The van der Waals surface area contributed by atoms with Crippen molar-refractivity contribution in [3.05, 3.63) is 17.2 Å². The van der Waals surface area contributed by atoms with E-state index < -0.39 is 5.97 Å². The summed E-state index contributed by atoms with van der Waals surface area (Å²) in [5.41, 5.74) is 1.79. The first-order valence-corrected chi connectivity index (χ1v) is 4.69. The largest absolute Gasteiger partial charge is 0.476 e. The number of imidazole rings is 1. The molecule has 7 nitrogen and oxygen atoms in total. The van der Waals surface area contributed by atoms with Crippen LogP contribution in [0.4, 0.5) is 5.69 Å². The summed E-state index contributed by atoms with van der Waals surface area (Å²) in [4.78, 5) is 18.2. The smallest absolute Gasteiger partial charge is 0.360 e. The first-order valence-electron chi connectivity index (χ1n) is 4.69. The van der Waals surface area contributed by atoms with Crippen molar-refractivity contribution in [2.24, 2.45) is 0 Å². The van der Waals surface area contributed by atoms with Gasteiger partial charge in [0.25, 0.3) is 0 Å². The minimum Gasteiger partial charge on any atom is -0.476 e. The van der Waals surface area contributed by atoms with Crippen molar-refractivity contribution < 1.29 is 14.4 Å². The lowest BCUT2D eigenvalue weighted by atomic mass is 10.1.